The van der Waals surface area contributed by atoms with Crippen LogP contribution < -0.4 is 11.3 Å². The number of anilines is 1. The van der Waals surface area contributed by atoms with E-state index < -0.39 is 0 Å². The SMILES string of the molecule is CCc1nc(NN)cc(Sc2nc(C)co2)n1. The van der Waals surface area contributed by atoms with E-state index in [4.69, 9.17) is 10.3 Å². The summed E-state index contributed by atoms with van der Waals surface area (Å²) in [6.07, 6.45) is 2.35. The lowest BCUT2D eigenvalue weighted by atomic mass is 10.4. The number of nitrogens with one attached hydrogen (secondary N) is 1. The molecule has 0 unspecified atom stereocenters. The molecule has 3 N–H and O–H groups in total. The van der Waals surface area contributed by atoms with E-state index in [9.17, 15) is 0 Å². The van der Waals surface area contributed by atoms with Gasteiger partial charge in [0, 0.05) is 12.5 Å². The second kappa shape index (κ2) is 5.15. The molecule has 17 heavy (non-hydrogen) atoms. The first-order valence-corrected chi connectivity index (χ1v) is 5.97. The predicted molar refractivity (Wildman–Crippen MR) is 64.6 cm³/mol. The molecule has 6 nitrogen and oxygen atoms in total. The van der Waals surface area contributed by atoms with E-state index >= 15 is 0 Å². The van der Waals surface area contributed by atoms with E-state index in [1.54, 1.807) is 12.3 Å². The third-order valence-electron chi connectivity index (χ3n) is 2.00. The number of nitrogen functional groups attached to an aromatic ring is 1. The van der Waals surface area contributed by atoms with Crippen molar-refractivity contribution in [3.63, 3.8) is 0 Å². The van der Waals surface area contributed by atoms with Crippen LogP contribution in [0, 0.1) is 6.92 Å². The molecule has 2 aromatic rings. The summed E-state index contributed by atoms with van der Waals surface area (Å²) in [5.74, 6) is 6.66. The molecule has 0 aliphatic heterocycles. The first-order valence-electron chi connectivity index (χ1n) is 5.16. The van der Waals surface area contributed by atoms with E-state index in [-0.39, 0.29) is 0 Å². The first-order chi connectivity index (χ1) is 8.21. The quantitative estimate of drug-likeness (QED) is 0.486. The summed E-state index contributed by atoms with van der Waals surface area (Å²) in [4.78, 5) is 12.8. The fourth-order valence-electron chi connectivity index (χ4n) is 1.23. The average molecular weight is 251 g/mol. The van der Waals surface area contributed by atoms with Crippen molar-refractivity contribution in [2.75, 3.05) is 5.43 Å². The van der Waals surface area contributed by atoms with Crippen LogP contribution in [0.3, 0.4) is 0 Å². The van der Waals surface area contributed by atoms with Gasteiger partial charge < -0.3 is 9.84 Å². The minimum atomic E-state index is 0.561. The average Bonchev–Trinajstić information content (AvgIpc) is 2.74. The van der Waals surface area contributed by atoms with Crippen molar-refractivity contribution in [1.29, 1.82) is 0 Å². The van der Waals surface area contributed by atoms with Crippen molar-refractivity contribution in [3.8, 4) is 0 Å². The first kappa shape index (κ1) is 11.9. The van der Waals surface area contributed by atoms with E-state index in [2.05, 4.69) is 20.4 Å². The van der Waals surface area contributed by atoms with Crippen LogP contribution in [0.15, 0.2) is 27.0 Å². The van der Waals surface area contributed by atoms with Crippen molar-refractivity contribution in [2.24, 2.45) is 5.84 Å². The van der Waals surface area contributed by atoms with E-state index in [0.717, 1.165) is 23.0 Å². The van der Waals surface area contributed by atoms with Gasteiger partial charge in [-0.05, 0) is 18.7 Å². The maximum absolute atomic E-state index is 5.35. The topological polar surface area (TPSA) is 89.9 Å². The number of aromatic nitrogens is 3. The highest BCUT2D eigenvalue weighted by atomic mass is 32.2. The fourth-order valence-corrected chi connectivity index (χ4v) is 2.01. The highest BCUT2D eigenvalue weighted by Gasteiger charge is 2.08. The number of nitrogens with zero attached hydrogens (tertiary/aromatic N) is 3. The van der Waals surface area contributed by atoms with Crippen LogP contribution in [0.4, 0.5) is 5.82 Å². The molecule has 7 heteroatoms. The summed E-state index contributed by atoms with van der Waals surface area (Å²) in [5.41, 5.74) is 3.36. The van der Waals surface area contributed by atoms with Crippen molar-refractivity contribution in [1.82, 2.24) is 15.0 Å². The highest BCUT2D eigenvalue weighted by molar-refractivity contribution is 7.99. The molecular weight excluding hydrogens is 238 g/mol. The predicted octanol–water partition coefficient (Wildman–Crippen LogP) is 1.77. The molecule has 0 fully saturated rings. The van der Waals surface area contributed by atoms with Gasteiger partial charge in [0.25, 0.3) is 5.22 Å². The summed E-state index contributed by atoms with van der Waals surface area (Å²) < 4.78 is 5.26. The summed E-state index contributed by atoms with van der Waals surface area (Å²) in [6, 6.07) is 1.75. The molecule has 0 saturated heterocycles. The van der Waals surface area contributed by atoms with E-state index in [0.29, 0.717) is 11.0 Å². The molecule has 0 saturated carbocycles. The standard InChI is InChI=1S/C10H13N5OS/c1-3-7-13-8(15-11)4-9(14-7)17-10-12-6(2)5-16-10/h4-5H,3,11H2,1-2H3,(H,13,14,15). The maximum Gasteiger partial charge on any atom is 0.262 e. The summed E-state index contributed by atoms with van der Waals surface area (Å²) in [7, 11) is 0. The van der Waals surface area contributed by atoms with Crippen molar-refractivity contribution in [3.05, 3.63) is 23.8 Å². The van der Waals surface area contributed by atoms with Crippen LogP contribution in [0.2, 0.25) is 0 Å². The number of hydrazine groups is 1. The zero-order valence-corrected chi connectivity index (χ0v) is 10.4. The third-order valence-corrected chi connectivity index (χ3v) is 2.78. The minimum Gasteiger partial charge on any atom is -0.439 e. The monoisotopic (exact) mass is 251 g/mol. The Morgan fingerprint density at radius 3 is 2.82 bits per heavy atom. The Morgan fingerprint density at radius 2 is 2.24 bits per heavy atom. The van der Waals surface area contributed by atoms with E-state index in [1.807, 2.05) is 13.8 Å². The Bertz CT molecular complexity index is 491. The molecule has 90 valence electrons. The summed E-state index contributed by atoms with van der Waals surface area (Å²) >= 11 is 1.34. The second-order valence-corrected chi connectivity index (χ2v) is 4.33. The Hall–Kier alpha value is -1.60. The molecule has 0 amide bonds. The molecule has 2 aromatic heterocycles. The number of rotatable bonds is 4. The molecule has 0 aliphatic rings. The Balaban J connectivity index is 2.25. The van der Waals surface area contributed by atoms with Crippen LogP contribution in [-0.2, 0) is 6.42 Å². The van der Waals surface area contributed by atoms with Gasteiger partial charge in [-0.2, -0.15) is 0 Å². The zero-order chi connectivity index (χ0) is 12.3. The van der Waals surface area contributed by atoms with Crippen LogP contribution >= 0.6 is 11.8 Å². The van der Waals surface area contributed by atoms with Gasteiger partial charge in [-0.1, -0.05) is 6.92 Å². The molecule has 2 heterocycles. The number of hydrogen-bond acceptors (Lipinski definition) is 7. The molecule has 0 atom stereocenters. The van der Waals surface area contributed by atoms with Crippen LogP contribution in [-0.4, -0.2) is 15.0 Å². The van der Waals surface area contributed by atoms with Crippen molar-refractivity contribution >= 4 is 17.6 Å². The number of oxazole rings is 1. The second-order valence-electron chi connectivity index (χ2n) is 3.36. The fraction of sp³-hybridized carbons (Fsp3) is 0.300. The summed E-state index contributed by atoms with van der Waals surface area (Å²) in [5, 5.41) is 1.32. The lowest BCUT2D eigenvalue weighted by molar-refractivity contribution is 0.453. The van der Waals surface area contributed by atoms with Gasteiger partial charge in [0.2, 0.25) is 0 Å². The Morgan fingerprint density at radius 1 is 1.41 bits per heavy atom. The molecule has 0 aliphatic carbocycles. The highest BCUT2D eigenvalue weighted by Crippen LogP contribution is 2.26. The van der Waals surface area contributed by atoms with Gasteiger partial charge in [0.05, 0.1) is 5.69 Å². The van der Waals surface area contributed by atoms with Gasteiger partial charge in [-0.25, -0.2) is 20.8 Å². The van der Waals surface area contributed by atoms with Crippen molar-refractivity contribution < 1.29 is 4.42 Å². The number of hydrogen-bond donors (Lipinski definition) is 2. The lowest BCUT2D eigenvalue weighted by Crippen LogP contribution is -2.10. The van der Waals surface area contributed by atoms with Gasteiger partial charge in [0.15, 0.2) is 0 Å². The van der Waals surface area contributed by atoms with Gasteiger partial charge in [-0.15, -0.1) is 0 Å². The van der Waals surface area contributed by atoms with Crippen LogP contribution in [0.1, 0.15) is 18.4 Å². The lowest BCUT2D eigenvalue weighted by Gasteiger charge is -2.04. The number of aryl methyl sites for hydroxylation is 2. The molecule has 2 rings (SSSR count). The van der Waals surface area contributed by atoms with Crippen LogP contribution in [0.25, 0.3) is 0 Å². The molecule has 0 spiro atoms. The Kier molecular flexibility index (Phi) is 3.60. The summed E-state index contributed by atoms with van der Waals surface area (Å²) in [6.45, 7) is 3.86. The molecule has 0 radical (unpaired) electrons. The van der Waals surface area contributed by atoms with Gasteiger partial charge >= 0.3 is 0 Å². The molecule has 0 bridgehead atoms. The van der Waals surface area contributed by atoms with Crippen LogP contribution in [0.5, 0.6) is 0 Å². The Labute approximate surface area is 103 Å². The third kappa shape index (κ3) is 2.95. The zero-order valence-electron chi connectivity index (χ0n) is 9.60. The minimum absolute atomic E-state index is 0.561. The van der Waals surface area contributed by atoms with E-state index in [1.165, 1.54) is 11.8 Å². The molecular formula is C10H13N5OS. The van der Waals surface area contributed by atoms with Gasteiger partial charge in [0.1, 0.15) is 22.9 Å². The largest absolute Gasteiger partial charge is 0.439 e. The normalized spacial score (nSPS) is 10.5. The smallest absolute Gasteiger partial charge is 0.262 e. The number of nitrogens with two attached hydrogens (primary N) is 1. The molecule has 0 aromatic carbocycles. The van der Waals surface area contributed by atoms with Gasteiger partial charge in [-0.3, -0.25) is 0 Å². The maximum atomic E-state index is 5.35. The van der Waals surface area contributed by atoms with Crippen molar-refractivity contribution in [2.45, 2.75) is 30.5 Å².